The number of hydrogen-bond acceptors (Lipinski definition) is 4. The lowest BCUT2D eigenvalue weighted by molar-refractivity contribution is -0.122. The van der Waals surface area contributed by atoms with Gasteiger partial charge in [-0.2, -0.15) is 0 Å². The second kappa shape index (κ2) is 8.49. The van der Waals surface area contributed by atoms with Crippen LogP contribution in [0.4, 0.5) is 8.78 Å². The van der Waals surface area contributed by atoms with Gasteiger partial charge in [-0.1, -0.05) is 0 Å². The Kier molecular flexibility index (Phi) is 7.78. The Bertz CT molecular complexity index is 427. The van der Waals surface area contributed by atoms with Gasteiger partial charge in [0, 0.05) is 13.0 Å². The molecule has 0 spiro atoms. The van der Waals surface area contributed by atoms with Crippen molar-refractivity contribution < 1.29 is 22.8 Å². The second-order valence-corrected chi connectivity index (χ2v) is 3.82. The van der Waals surface area contributed by atoms with E-state index in [0.29, 0.717) is 0 Å². The monoisotopic (exact) mass is 311 g/mol. The molecule has 1 aromatic heterocycles. The summed E-state index contributed by atoms with van der Waals surface area (Å²) in [7, 11) is 0. The van der Waals surface area contributed by atoms with Crippen LogP contribution in [-0.4, -0.2) is 37.4 Å². The zero-order chi connectivity index (χ0) is 14.3. The minimum absolute atomic E-state index is 0. The lowest BCUT2D eigenvalue weighted by Crippen LogP contribution is -2.42. The Balaban J connectivity index is 0.00000361. The first-order valence-corrected chi connectivity index (χ1v) is 5.61. The molecule has 1 heterocycles. The number of nitrogens with two attached hydrogens (primary N) is 1. The van der Waals surface area contributed by atoms with Crippen molar-refractivity contribution in [1.29, 1.82) is 0 Å². The van der Waals surface area contributed by atoms with E-state index in [1.165, 1.54) is 12.3 Å². The van der Waals surface area contributed by atoms with E-state index in [0.717, 1.165) is 0 Å². The first-order valence-electron chi connectivity index (χ1n) is 5.61. The third-order valence-electron chi connectivity index (χ3n) is 2.23. The molecule has 20 heavy (non-hydrogen) atoms. The summed E-state index contributed by atoms with van der Waals surface area (Å²) in [6.07, 6.45) is 1.24. The molecular weight excluding hydrogens is 296 g/mol. The van der Waals surface area contributed by atoms with Crippen LogP contribution in [0.15, 0.2) is 22.8 Å². The maximum absolute atomic E-state index is 12.7. The van der Waals surface area contributed by atoms with Crippen molar-refractivity contribution in [3.8, 4) is 0 Å². The Hall–Kier alpha value is -1.67. The van der Waals surface area contributed by atoms with Crippen molar-refractivity contribution in [2.75, 3.05) is 19.6 Å². The Labute approximate surface area is 120 Å². The number of rotatable bonds is 7. The van der Waals surface area contributed by atoms with Gasteiger partial charge in [0.25, 0.3) is 11.8 Å². The molecule has 1 aromatic rings. The van der Waals surface area contributed by atoms with Crippen molar-refractivity contribution in [3.63, 3.8) is 0 Å². The average Bonchev–Trinajstić information content (AvgIpc) is 2.90. The topological polar surface area (TPSA) is 97.4 Å². The van der Waals surface area contributed by atoms with Crippen LogP contribution in [0.3, 0.4) is 0 Å². The molecule has 0 aliphatic carbocycles. The van der Waals surface area contributed by atoms with Crippen LogP contribution in [0.1, 0.15) is 17.0 Å². The van der Waals surface area contributed by atoms with Gasteiger partial charge in [-0.3, -0.25) is 9.59 Å². The Morgan fingerprint density at radius 1 is 1.35 bits per heavy atom. The third kappa shape index (κ3) is 6.48. The van der Waals surface area contributed by atoms with E-state index in [-0.39, 0.29) is 31.1 Å². The van der Waals surface area contributed by atoms with Gasteiger partial charge in [0.2, 0.25) is 5.91 Å². The fraction of sp³-hybridized carbons (Fsp3) is 0.455. The average molecular weight is 312 g/mol. The molecule has 0 unspecified atom stereocenters. The van der Waals surface area contributed by atoms with E-state index < -0.39 is 30.8 Å². The van der Waals surface area contributed by atoms with Crippen LogP contribution in [0, 0.1) is 0 Å². The van der Waals surface area contributed by atoms with Crippen molar-refractivity contribution in [3.05, 3.63) is 24.2 Å². The molecule has 0 saturated heterocycles. The summed E-state index contributed by atoms with van der Waals surface area (Å²) in [6, 6.07) is 3.02. The van der Waals surface area contributed by atoms with Gasteiger partial charge in [-0.25, -0.2) is 8.78 Å². The number of nitrogens with one attached hydrogen (secondary N) is 2. The summed E-state index contributed by atoms with van der Waals surface area (Å²) >= 11 is 0. The maximum Gasteiger partial charge on any atom is 0.286 e. The van der Waals surface area contributed by atoms with Gasteiger partial charge in [-0.05, 0) is 12.1 Å². The molecule has 0 aliphatic heterocycles. The van der Waals surface area contributed by atoms with Crippen molar-refractivity contribution in [1.82, 2.24) is 10.6 Å². The van der Waals surface area contributed by atoms with Gasteiger partial charge in [0.15, 0.2) is 5.76 Å². The predicted octanol–water partition coefficient (Wildman–Crippen LogP) is 0.531. The van der Waals surface area contributed by atoms with Gasteiger partial charge in [-0.15, -0.1) is 12.4 Å². The molecule has 2 amide bonds. The van der Waals surface area contributed by atoms with E-state index in [9.17, 15) is 18.4 Å². The smallest absolute Gasteiger partial charge is 0.286 e. The van der Waals surface area contributed by atoms with E-state index in [1.807, 2.05) is 5.32 Å². The maximum atomic E-state index is 12.7. The molecule has 4 N–H and O–H groups in total. The van der Waals surface area contributed by atoms with E-state index in [1.54, 1.807) is 6.07 Å². The quantitative estimate of drug-likeness (QED) is 0.684. The minimum Gasteiger partial charge on any atom is -0.459 e. The lowest BCUT2D eigenvalue weighted by Gasteiger charge is -2.14. The summed E-state index contributed by atoms with van der Waals surface area (Å²) in [5.41, 5.74) is 4.82. The summed E-state index contributed by atoms with van der Waals surface area (Å²) < 4.78 is 30.3. The molecule has 0 saturated carbocycles. The minimum atomic E-state index is -3.12. The highest BCUT2D eigenvalue weighted by Gasteiger charge is 2.26. The fourth-order valence-corrected chi connectivity index (χ4v) is 1.17. The first-order chi connectivity index (χ1) is 8.94. The number of furan rings is 1. The highest BCUT2D eigenvalue weighted by atomic mass is 35.5. The van der Waals surface area contributed by atoms with Crippen LogP contribution in [0.2, 0.25) is 0 Å². The predicted molar refractivity (Wildman–Crippen MR) is 69.9 cm³/mol. The van der Waals surface area contributed by atoms with Crippen LogP contribution in [0.5, 0.6) is 0 Å². The standard InChI is InChI=1S/C11H15F2N3O3.ClH/c12-11(13,6-14)7-16-9(17)3-4-15-10(18)8-2-1-5-19-8;/h1-2,5H,3-4,6-7,14H2,(H,15,18)(H,16,17);1H. The van der Waals surface area contributed by atoms with E-state index >= 15 is 0 Å². The number of carbonyl (C=O) groups excluding carboxylic acids is 2. The van der Waals surface area contributed by atoms with Crippen LogP contribution >= 0.6 is 12.4 Å². The molecule has 114 valence electrons. The number of hydrogen-bond donors (Lipinski definition) is 3. The third-order valence-corrected chi connectivity index (χ3v) is 2.23. The summed E-state index contributed by atoms with van der Waals surface area (Å²) in [4.78, 5) is 22.6. The molecule has 0 fully saturated rings. The fourth-order valence-electron chi connectivity index (χ4n) is 1.17. The molecule has 1 rings (SSSR count). The number of amides is 2. The van der Waals surface area contributed by atoms with Crippen LogP contribution < -0.4 is 16.4 Å². The molecule has 9 heteroatoms. The number of halogens is 3. The molecule has 0 aliphatic rings. The summed E-state index contributed by atoms with van der Waals surface area (Å²) in [5, 5.41) is 4.46. The van der Waals surface area contributed by atoms with E-state index in [2.05, 4.69) is 5.32 Å². The number of alkyl halides is 2. The molecule has 6 nitrogen and oxygen atoms in total. The lowest BCUT2D eigenvalue weighted by atomic mass is 10.3. The van der Waals surface area contributed by atoms with Crippen molar-refractivity contribution in [2.24, 2.45) is 5.73 Å². The van der Waals surface area contributed by atoms with Crippen molar-refractivity contribution in [2.45, 2.75) is 12.3 Å². The molecule has 0 atom stereocenters. The summed E-state index contributed by atoms with van der Waals surface area (Å²) in [5.74, 6) is -4.05. The van der Waals surface area contributed by atoms with E-state index in [4.69, 9.17) is 10.2 Å². The Morgan fingerprint density at radius 3 is 2.60 bits per heavy atom. The normalized spacial score (nSPS) is 10.6. The highest BCUT2D eigenvalue weighted by molar-refractivity contribution is 5.91. The molecule has 0 bridgehead atoms. The van der Waals surface area contributed by atoms with Gasteiger partial charge in [0.1, 0.15) is 0 Å². The van der Waals surface area contributed by atoms with Gasteiger partial charge in [0.05, 0.1) is 19.4 Å². The zero-order valence-electron chi connectivity index (χ0n) is 10.5. The Morgan fingerprint density at radius 2 is 2.05 bits per heavy atom. The van der Waals surface area contributed by atoms with Crippen LogP contribution in [0.25, 0.3) is 0 Å². The zero-order valence-corrected chi connectivity index (χ0v) is 11.3. The first kappa shape index (κ1) is 18.3. The van der Waals surface area contributed by atoms with Crippen LogP contribution in [-0.2, 0) is 4.79 Å². The van der Waals surface area contributed by atoms with Gasteiger partial charge >= 0.3 is 0 Å². The SMILES string of the molecule is Cl.NCC(F)(F)CNC(=O)CCNC(=O)c1ccco1. The largest absolute Gasteiger partial charge is 0.459 e. The highest BCUT2D eigenvalue weighted by Crippen LogP contribution is 2.08. The summed E-state index contributed by atoms with van der Waals surface area (Å²) in [6.45, 7) is -1.61. The number of carbonyl (C=O) groups is 2. The van der Waals surface area contributed by atoms with Crippen molar-refractivity contribution >= 4 is 24.2 Å². The second-order valence-electron chi connectivity index (χ2n) is 3.82. The molecular formula is C11H16ClF2N3O3. The molecule has 0 aromatic carbocycles. The van der Waals surface area contributed by atoms with Gasteiger partial charge < -0.3 is 20.8 Å². The molecule has 0 radical (unpaired) electrons.